The average molecular weight is 210 g/mol. The SMILES string of the molecule is COC(C)(C)c1nc(C(C)C)cc(=O)[nH]1. The predicted octanol–water partition coefficient (Wildman–Crippen LogP) is 1.77. The zero-order valence-corrected chi connectivity index (χ0v) is 9.92. The first-order valence-electron chi connectivity index (χ1n) is 5.03. The number of methoxy groups -OCH3 is 1. The standard InChI is InChI=1S/C11H18N2O2/c1-7(2)8-6-9(14)13-10(12-8)11(3,4)15-5/h6-7H,1-5H3,(H,12,13,14). The van der Waals surface area contributed by atoms with Gasteiger partial charge in [-0.05, 0) is 19.8 Å². The third kappa shape index (κ3) is 2.65. The van der Waals surface area contributed by atoms with Crippen molar-refractivity contribution in [2.45, 2.75) is 39.2 Å². The number of nitrogens with one attached hydrogen (secondary N) is 1. The van der Waals surface area contributed by atoms with E-state index in [9.17, 15) is 4.79 Å². The van der Waals surface area contributed by atoms with E-state index in [1.54, 1.807) is 7.11 Å². The molecule has 15 heavy (non-hydrogen) atoms. The third-order valence-electron chi connectivity index (χ3n) is 2.43. The number of aromatic nitrogens is 2. The van der Waals surface area contributed by atoms with Crippen molar-refractivity contribution in [1.29, 1.82) is 0 Å². The summed E-state index contributed by atoms with van der Waals surface area (Å²) >= 11 is 0. The van der Waals surface area contributed by atoms with Gasteiger partial charge in [-0.25, -0.2) is 4.98 Å². The lowest BCUT2D eigenvalue weighted by molar-refractivity contribution is 0.0110. The van der Waals surface area contributed by atoms with Crippen LogP contribution in [-0.4, -0.2) is 17.1 Å². The molecule has 0 saturated heterocycles. The first-order chi connectivity index (χ1) is 6.86. The highest BCUT2D eigenvalue weighted by molar-refractivity contribution is 5.10. The minimum Gasteiger partial charge on any atom is -0.371 e. The Labute approximate surface area is 89.7 Å². The van der Waals surface area contributed by atoms with Crippen molar-refractivity contribution in [3.8, 4) is 0 Å². The van der Waals surface area contributed by atoms with Crippen LogP contribution in [0.15, 0.2) is 10.9 Å². The molecule has 4 nitrogen and oxygen atoms in total. The second-order valence-corrected chi connectivity index (χ2v) is 4.39. The Hall–Kier alpha value is -1.16. The molecule has 1 N–H and O–H groups in total. The molecule has 0 radical (unpaired) electrons. The van der Waals surface area contributed by atoms with Gasteiger partial charge in [-0.15, -0.1) is 0 Å². The summed E-state index contributed by atoms with van der Waals surface area (Å²) in [4.78, 5) is 18.5. The largest absolute Gasteiger partial charge is 0.371 e. The summed E-state index contributed by atoms with van der Waals surface area (Å²) < 4.78 is 5.28. The van der Waals surface area contributed by atoms with Crippen LogP contribution in [0, 0.1) is 0 Å². The molecule has 4 heteroatoms. The zero-order chi connectivity index (χ0) is 11.6. The Morgan fingerprint density at radius 2 is 2.07 bits per heavy atom. The number of aromatic amines is 1. The molecule has 0 amide bonds. The quantitative estimate of drug-likeness (QED) is 0.827. The maximum absolute atomic E-state index is 11.4. The average Bonchev–Trinajstić information content (AvgIpc) is 2.16. The van der Waals surface area contributed by atoms with Crippen LogP contribution in [0.1, 0.15) is 45.1 Å². The Bertz CT molecular complexity index is 394. The van der Waals surface area contributed by atoms with Gasteiger partial charge in [-0.1, -0.05) is 13.8 Å². The van der Waals surface area contributed by atoms with Gasteiger partial charge in [0.2, 0.25) is 0 Å². The third-order valence-corrected chi connectivity index (χ3v) is 2.43. The molecule has 0 aliphatic rings. The smallest absolute Gasteiger partial charge is 0.251 e. The van der Waals surface area contributed by atoms with Crippen molar-refractivity contribution in [1.82, 2.24) is 9.97 Å². The second-order valence-electron chi connectivity index (χ2n) is 4.39. The van der Waals surface area contributed by atoms with Gasteiger partial charge in [0.25, 0.3) is 5.56 Å². The molecular formula is C11H18N2O2. The maximum atomic E-state index is 11.4. The Morgan fingerprint density at radius 1 is 1.47 bits per heavy atom. The van der Waals surface area contributed by atoms with Gasteiger partial charge in [-0.2, -0.15) is 0 Å². The van der Waals surface area contributed by atoms with Gasteiger partial charge >= 0.3 is 0 Å². The van der Waals surface area contributed by atoms with E-state index in [-0.39, 0.29) is 11.5 Å². The molecule has 84 valence electrons. The highest BCUT2D eigenvalue weighted by atomic mass is 16.5. The van der Waals surface area contributed by atoms with Crippen LogP contribution in [0.4, 0.5) is 0 Å². The molecule has 1 heterocycles. The molecule has 1 rings (SSSR count). The molecule has 0 atom stereocenters. The van der Waals surface area contributed by atoms with Crippen molar-refractivity contribution < 1.29 is 4.74 Å². The van der Waals surface area contributed by atoms with Crippen molar-refractivity contribution in [3.05, 3.63) is 27.9 Å². The monoisotopic (exact) mass is 210 g/mol. The van der Waals surface area contributed by atoms with E-state index in [0.29, 0.717) is 5.82 Å². The Kier molecular flexibility index (Phi) is 3.29. The molecule has 0 aliphatic heterocycles. The van der Waals surface area contributed by atoms with E-state index in [1.165, 1.54) is 6.07 Å². The summed E-state index contributed by atoms with van der Waals surface area (Å²) in [6, 6.07) is 1.53. The number of hydrogen-bond acceptors (Lipinski definition) is 3. The van der Waals surface area contributed by atoms with Crippen molar-refractivity contribution in [2.24, 2.45) is 0 Å². The van der Waals surface area contributed by atoms with Crippen molar-refractivity contribution >= 4 is 0 Å². The van der Waals surface area contributed by atoms with Crippen LogP contribution < -0.4 is 5.56 Å². The van der Waals surface area contributed by atoms with E-state index in [0.717, 1.165) is 5.69 Å². The van der Waals surface area contributed by atoms with E-state index in [4.69, 9.17) is 4.74 Å². The van der Waals surface area contributed by atoms with E-state index in [2.05, 4.69) is 9.97 Å². The summed E-state index contributed by atoms with van der Waals surface area (Å²) in [6.45, 7) is 7.75. The minimum atomic E-state index is -0.565. The number of hydrogen-bond donors (Lipinski definition) is 1. The fourth-order valence-corrected chi connectivity index (χ4v) is 1.15. The molecule has 0 bridgehead atoms. The first kappa shape index (κ1) is 11.9. The van der Waals surface area contributed by atoms with Gasteiger partial charge in [0.1, 0.15) is 11.4 Å². The topological polar surface area (TPSA) is 55.0 Å². The van der Waals surface area contributed by atoms with Crippen LogP contribution in [0.5, 0.6) is 0 Å². The predicted molar refractivity (Wildman–Crippen MR) is 59.0 cm³/mol. The van der Waals surface area contributed by atoms with Gasteiger partial charge in [0.15, 0.2) is 0 Å². The second kappa shape index (κ2) is 4.14. The first-order valence-corrected chi connectivity index (χ1v) is 5.03. The molecule has 0 unspecified atom stereocenters. The normalized spacial score (nSPS) is 12.1. The van der Waals surface area contributed by atoms with E-state index >= 15 is 0 Å². The van der Waals surface area contributed by atoms with Crippen molar-refractivity contribution in [2.75, 3.05) is 7.11 Å². The molecule has 0 saturated carbocycles. The Morgan fingerprint density at radius 3 is 2.53 bits per heavy atom. The van der Waals surface area contributed by atoms with Crippen LogP contribution in [0.25, 0.3) is 0 Å². The molecule has 0 aliphatic carbocycles. The molecule has 0 fully saturated rings. The summed E-state index contributed by atoms with van der Waals surface area (Å²) in [5.41, 5.74) is 0.0945. The lowest BCUT2D eigenvalue weighted by atomic mass is 10.1. The lowest BCUT2D eigenvalue weighted by Gasteiger charge is -2.22. The molecule has 0 aromatic carbocycles. The summed E-state index contributed by atoms with van der Waals surface area (Å²) in [7, 11) is 1.60. The number of nitrogens with zero attached hydrogens (tertiary/aromatic N) is 1. The zero-order valence-electron chi connectivity index (χ0n) is 9.92. The molecule has 0 spiro atoms. The van der Waals surface area contributed by atoms with Gasteiger partial charge in [0.05, 0.1) is 5.69 Å². The van der Waals surface area contributed by atoms with Crippen LogP contribution in [-0.2, 0) is 10.3 Å². The van der Waals surface area contributed by atoms with E-state index in [1.807, 2.05) is 27.7 Å². The van der Waals surface area contributed by atoms with Crippen LogP contribution in [0.3, 0.4) is 0 Å². The van der Waals surface area contributed by atoms with Crippen LogP contribution >= 0.6 is 0 Å². The minimum absolute atomic E-state index is 0.131. The lowest BCUT2D eigenvalue weighted by Crippen LogP contribution is -2.27. The van der Waals surface area contributed by atoms with Gasteiger partial charge in [0, 0.05) is 13.2 Å². The van der Waals surface area contributed by atoms with Crippen molar-refractivity contribution in [3.63, 3.8) is 0 Å². The summed E-state index contributed by atoms with van der Waals surface area (Å²) in [5.74, 6) is 0.805. The van der Waals surface area contributed by atoms with Gasteiger partial charge < -0.3 is 9.72 Å². The van der Waals surface area contributed by atoms with E-state index < -0.39 is 5.60 Å². The molecule has 1 aromatic heterocycles. The van der Waals surface area contributed by atoms with Crippen LogP contribution in [0.2, 0.25) is 0 Å². The number of rotatable bonds is 3. The summed E-state index contributed by atoms with van der Waals surface area (Å²) in [5, 5.41) is 0. The van der Waals surface area contributed by atoms with Gasteiger partial charge in [-0.3, -0.25) is 4.79 Å². The Balaban J connectivity index is 3.27. The fraction of sp³-hybridized carbons (Fsp3) is 0.636. The number of ether oxygens (including phenoxy) is 1. The molecule has 1 aromatic rings. The maximum Gasteiger partial charge on any atom is 0.251 e. The number of H-pyrrole nitrogens is 1. The molecular weight excluding hydrogens is 192 g/mol. The highest BCUT2D eigenvalue weighted by Crippen LogP contribution is 2.20. The highest BCUT2D eigenvalue weighted by Gasteiger charge is 2.23. The summed E-state index contributed by atoms with van der Waals surface area (Å²) in [6.07, 6.45) is 0. The fourth-order valence-electron chi connectivity index (χ4n) is 1.15.